The second-order valence-electron chi connectivity index (χ2n) is 8.18. The van der Waals surface area contributed by atoms with Crippen LogP contribution in [0, 0.1) is 0 Å². The Bertz CT molecular complexity index is 1280. The van der Waals surface area contributed by atoms with Crippen LogP contribution in [0.1, 0.15) is 31.0 Å². The molecule has 2 aliphatic rings. The highest BCUT2D eigenvalue weighted by Gasteiger charge is 2.47. The number of carbonyl (C=O) groups excluding carboxylic acids is 2. The molecule has 0 radical (unpaired) electrons. The summed E-state index contributed by atoms with van der Waals surface area (Å²) in [4.78, 5) is 31.9. The van der Waals surface area contributed by atoms with Crippen LogP contribution in [0.15, 0.2) is 72.6 Å². The Morgan fingerprint density at radius 3 is 2.44 bits per heavy atom. The van der Waals surface area contributed by atoms with E-state index in [4.69, 9.17) is 14.2 Å². The van der Waals surface area contributed by atoms with Crippen molar-refractivity contribution >= 4 is 23.1 Å². The van der Waals surface area contributed by atoms with Crippen molar-refractivity contribution < 1.29 is 28.9 Å². The number of fused-ring (bicyclic) bond motifs is 1. The van der Waals surface area contributed by atoms with E-state index in [2.05, 4.69) is 4.98 Å². The molecule has 5 rings (SSSR count). The van der Waals surface area contributed by atoms with Crippen LogP contribution < -0.4 is 19.1 Å². The minimum atomic E-state index is -0.852. The van der Waals surface area contributed by atoms with Gasteiger partial charge >= 0.3 is 0 Å². The van der Waals surface area contributed by atoms with Crippen molar-refractivity contribution in [3.63, 3.8) is 0 Å². The number of carbonyl (C=O) groups is 2. The molecule has 1 N–H and O–H groups in total. The Kier molecular flexibility index (Phi) is 5.41. The molecule has 3 heterocycles. The molecule has 34 heavy (non-hydrogen) atoms. The van der Waals surface area contributed by atoms with E-state index >= 15 is 0 Å². The monoisotopic (exact) mass is 458 g/mol. The Morgan fingerprint density at radius 2 is 1.74 bits per heavy atom. The summed E-state index contributed by atoms with van der Waals surface area (Å²) in [6, 6.07) is 14.3. The van der Waals surface area contributed by atoms with Gasteiger partial charge in [-0.1, -0.05) is 0 Å². The summed E-state index contributed by atoms with van der Waals surface area (Å²) < 4.78 is 16.5. The summed E-state index contributed by atoms with van der Waals surface area (Å²) in [5.74, 6) is -0.114. The molecule has 0 aliphatic carbocycles. The average molecular weight is 458 g/mol. The van der Waals surface area contributed by atoms with Gasteiger partial charge in [0.2, 0.25) is 6.79 Å². The third-order valence-corrected chi connectivity index (χ3v) is 5.60. The summed E-state index contributed by atoms with van der Waals surface area (Å²) in [6.45, 7) is 3.92. The van der Waals surface area contributed by atoms with Gasteiger partial charge in [-0.2, -0.15) is 0 Å². The second kappa shape index (κ2) is 8.55. The van der Waals surface area contributed by atoms with E-state index in [1.165, 1.54) is 4.90 Å². The maximum absolute atomic E-state index is 13.2. The largest absolute Gasteiger partial charge is 0.507 e. The van der Waals surface area contributed by atoms with E-state index in [9.17, 15) is 14.7 Å². The molecule has 1 saturated heterocycles. The van der Waals surface area contributed by atoms with E-state index in [-0.39, 0.29) is 24.2 Å². The van der Waals surface area contributed by atoms with Crippen LogP contribution >= 0.6 is 0 Å². The lowest BCUT2D eigenvalue weighted by Gasteiger charge is -2.25. The van der Waals surface area contributed by atoms with Crippen molar-refractivity contribution in [3.8, 4) is 17.2 Å². The molecule has 3 aromatic rings. The minimum absolute atomic E-state index is 0.00170. The number of aliphatic hydroxyl groups is 1. The van der Waals surface area contributed by atoms with Crippen LogP contribution in [0.25, 0.3) is 5.76 Å². The van der Waals surface area contributed by atoms with Gasteiger partial charge in [-0.15, -0.1) is 0 Å². The lowest BCUT2D eigenvalue weighted by atomic mass is 9.95. The van der Waals surface area contributed by atoms with E-state index in [0.29, 0.717) is 34.1 Å². The Labute approximate surface area is 196 Å². The van der Waals surface area contributed by atoms with Crippen molar-refractivity contribution in [2.75, 3.05) is 11.7 Å². The summed E-state index contributed by atoms with van der Waals surface area (Å²) in [7, 11) is 0. The van der Waals surface area contributed by atoms with Crippen LogP contribution in [0.5, 0.6) is 17.2 Å². The van der Waals surface area contributed by atoms with Crippen LogP contribution in [-0.2, 0) is 9.59 Å². The molecule has 2 aromatic carbocycles. The summed E-state index contributed by atoms with van der Waals surface area (Å²) >= 11 is 0. The van der Waals surface area contributed by atoms with Crippen molar-refractivity contribution in [1.82, 2.24) is 4.98 Å². The number of ketones is 1. The zero-order chi connectivity index (χ0) is 23.8. The highest BCUT2D eigenvalue weighted by atomic mass is 16.7. The average Bonchev–Trinajstić information content (AvgIpc) is 3.41. The van der Waals surface area contributed by atoms with Crippen LogP contribution in [0.2, 0.25) is 0 Å². The maximum atomic E-state index is 13.2. The van der Waals surface area contributed by atoms with Gasteiger partial charge in [-0.05, 0) is 67.9 Å². The number of hydrogen-bond acceptors (Lipinski definition) is 7. The number of pyridine rings is 1. The first-order chi connectivity index (χ1) is 16.4. The number of anilines is 1. The molecular weight excluding hydrogens is 436 g/mol. The number of hydrogen-bond donors (Lipinski definition) is 1. The van der Waals surface area contributed by atoms with Gasteiger partial charge in [0.25, 0.3) is 11.7 Å². The molecule has 1 atom stereocenters. The number of nitrogens with zero attached hydrogens (tertiary/aromatic N) is 2. The van der Waals surface area contributed by atoms with Crippen LogP contribution in [-0.4, -0.2) is 34.7 Å². The molecule has 8 heteroatoms. The zero-order valence-corrected chi connectivity index (χ0v) is 18.6. The first-order valence-corrected chi connectivity index (χ1v) is 10.8. The molecule has 0 spiro atoms. The number of ether oxygens (including phenoxy) is 3. The second-order valence-corrected chi connectivity index (χ2v) is 8.18. The molecule has 2 aliphatic heterocycles. The molecule has 1 unspecified atom stereocenters. The smallest absolute Gasteiger partial charge is 0.300 e. The number of Topliss-reactive ketones (excluding diaryl/α,β-unsaturated/α-hetero) is 1. The summed E-state index contributed by atoms with van der Waals surface area (Å²) in [5.41, 5.74) is 1.48. The number of aromatic nitrogens is 1. The zero-order valence-electron chi connectivity index (χ0n) is 18.6. The topological polar surface area (TPSA) is 98.2 Å². The Morgan fingerprint density at radius 1 is 1.03 bits per heavy atom. The minimum Gasteiger partial charge on any atom is -0.507 e. The Hall–Kier alpha value is -4.33. The van der Waals surface area contributed by atoms with Gasteiger partial charge in [0.1, 0.15) is 11.5 Å². The van der Waals surface area contributed by atoms with Crippen LogP contribution in [0.4, 0.5) is 5.69 Å². The fraction of sp³-hybridized carbons (Fsp3) is 0.192. The molecule has 172 valence electrons. The van der Waals surface area contributed by atoms with Crippen LogP contribution in [0.3, 0.4) is 0 Å². The standard InChI is InChI=1S/C26H22N2O6/c1-15(2)34-19-6-3-17(4-7-19)24(29)22-23(16-9-11-27-12-10-16)28(26(31)25(22)30)18-5-8-20-21(13-18)33-14-32-20/h3-13,15,23,29H,14H2,1-2H3/b24-22+. The summed E-state index contributed by atoms with van der Waals surface area (Å²) in [5, 5.41) is 11.2. The fourth-order valence-corrected chi connectivity index (χ4v) is 4.11. The third kappa shape index (κ3) is 3.73. The van der Waals surface area contributed by atoms with Gasteiger partial charge in [-0.25, -0.2) is 0 Å². The van der Waals surface area contributed by atoms with E-state index in [1.807, 2.05) is 13.8 Å². The van der Waals surface area contributed by atoms with Gasteiger partial charge in [0.05, 0.1) is 17.7 Å². The lowest BCUT2D eigenvalue weighted by Crippen LogP contribution is -2.29. The third-order valence-electron chi connectivity index (χ3n) is 5.60. The van der Waals surface area contributed by atoms with E-state index < -0.39 is 17.7 Å². The first-order valence-electron chi connectivity index (χ1n) is 10.8. The van der Waals surface area contributed by atoms with Gasteiger partial charge in [-0.3, -0.25) is 19.5 Å². The number of benzene rings is 2. The van der Waals surface area contributed by atoms with Crippen molar-refractivity contribution in [1.29, 1.82) is 0 Å². The highest BCUT2D eigenvalue weighted by molar-refractivity contribution is 6.51. The van der Waals surface area contributed by atoms with E-state index in [0.717, 1.165) is 0 Å². The Balaban J connectivity index is 1.62. The molecule has 8 nitrogen and oxygen atoms in total. The molecule has 1 aromatic heterocycles. The lowest BCUT2D eigenvalue weighted by molar-refractivity contribution is -0.132. The number of aliphatic hydroxyl groups excluding tert-OH is 1. The van der Waals surface area contributed by atoms with Crippen molar-refractivity contribution in [2.24, 2.45) is 0 Å². The SMILES string of the molecule is CC(C)Oc1ccc(/C(O)=C2\C(=O)C(=O)N(c3ccc4c(c3)OCO4)C2c2ccncc2)cc1. The predicted molar refractivity (Wildman–Crippen MR) is 124 cm³/mol. The van der Waals surface area contributed by atoms with Gasteiger partial charge in [0, 0.05) is 29.7 Å². The first kappa shape index (κ1) is 21.5. The maximum Gasteiger partial charge on any atom is 0.300 e. The van der Waals surface area contributed by atoms with Crippen molar-refractivity contribution in [2.45, 2.75) is 26.0 Å². The molecule has 0 bridgehead atoms. The fourth-order valence-electron chi connectivity index (χ4n) is 4.11. The molecule has 0 saturated carbocycles. The normalized spacial score (nSPS) is 18.6. The van der Waals surface area contributed by atoms with Crippen molar-refractivity contribution in [3.05, 3.63) is 83.7 Å². The van der Waals surface area contributed by atoms with Gasteiger partial charge in [0.15, 0.2) is 11.5 Å². The highest BCUT2D eigenvalue weighted by Crippen LogP contribution is 2.44. The quantitative estimate of drug-likeness (QED) is 0.347. The number of amides is 1. The van der Waals surface area contributed by atoms with E-state index in [1.54, 1.807) is 67.0 Å². The van der Waals surface area contributed by atoms with Gasteiger partial charge < -0.3 is 19.3 Å². The molecular formula is C26H22N2O6. The molecule has 1 fully saturated rings. The predicted octanol–water partition coefficient (Wildman–Crippen LogP) is 4.22. The number of rotatable bonds is 5. The molecule has 1 amide bonds. The summed E-state index contributed by atoms with van der Waals surface area (Å²) in [6.07, 6.45) is 3.15.